The first-order valence-corrected chi connectivity index (χ1v) is 9.60. The topological polar surface area (TPSA) is 49.7 Å². The molecule has 0 unspecified atom stereocenters. The SMILES string of the molecule is CC(C=CC1=C(C)CCCC1(C)C)=CCCC(C)=CC=N[C@@H](C)C(=O)O. The fourth-order valence-electron chi connectivity index (χ4n) is 3.27. The van der Waals surface area contributed by atoms with E-state index < -0.39 is 12.0 Å². The van der Waals surface area contributed by atoms with Gasteiger partial charge in [-0.15, -0.1) is 0 Å². The van der Waals surface area contributed by atoms with Gasteiger partial charge in [-0.25, -0.2) is 4.79 Å². The van der Waals surface area contributed by atoms with Crippen molar-refractivity contribution >= 4 is 12.2 Å². The lowest BCUT2D eigenvalue weighted by molar-refractivity contribution is -0.137. The predicted molar refractivity (Wildman–Crippen MR) is 112 cm³/mol. The smallest absolute Gasteiger partial charge is 0.328 e. The van der Waals surface area contributed by atoms with Crippen molar-refractivity contribution in [3.63, 3.8) is 0 Å². The maximum absolute atomic E-state index is 10.7. The van der Waals surface area contributed by atoms with Gasteiger partial charge in [-0.1, -0.05) is 48.8 Å². The Hall–Kier alpha value is -1.90. The van der Waals surface area contributed by atoms with Crippen molar-refractivity contribution in [2.24, 2.45) is 10.4 Å². The molecule has 1 atom stereocenters. The fraction of sp³-hybridized carbons (Fsp3) is 0.565. The van der Waals surface area contributed by atoms with Crippen LogP contribution < -0.4 is 0 Å². The van der Waals surface area contributed by atoms with Gasteiger partial charge in [0.15, 0.2) is 0 Å². The molecule has 0 spiro atoms. The minimum Gasteiger partial charge on any atom is -0.480 e. The molecule has 0 heterocycles. The number of aliphatic imine (C=N–C) groups is 1. The van der Waals surface area contributed by atoms with E-state index in [-0.39, 0.29) is 5.41 Å². The molecule has 1 aliphatic rings. The standard InChI is InChI=1S/C23H35NO2/c1-17(12-13-21-19(3)11-8-15-23(21,5)6)9-7-10-18(2)14-16-24-20(4)22(25)26/h9,12-14,16,20H,7-8,10-11,15H2,1-6H3,(H,25,26)/t20-/m0/s1. The molecule has 0 radical (unpaired) electrons. The van der Waals surface area contributed by atoms with Gasteiger partial charge in [0.1, 0.15) is 6.04 Å². The summed E-state index contributed by atoms with van der Waals surface area (Å²) >= 11 is 0. The third-order valence-electron chi connectivity index (χ3n) is 5.09. The third-order valence-corrected chi connectivity index (χ3v) is 5.09. The molecular formula is C23H35NO2. The van der Waals surface area contributed by atoms with Crippen LogP contribution in [0.5, 0.6) is 0 Å². The summed E-state index contributed by atoms with van der Waals surface area (Å²) in [5.74, 6) is -0.899. The number of nitrogens with zero attached hydrogens (tertiary/aromatic N) is 1. The molecule has 3 nitrogen and oxygen atoms in total. The predicted octanol–water partition coefficient (Wildman–Crippen LogP) is 6.29. The molecule has 0 aromatic rings. The van der Waals surface area contributed by atoms with E-state index in [0.717, 1.165) is 12.8 Å². The Morgan fingerprint density at radius 1 is 1.35 bits per heavy atom. The molecule has 1 N–H and O–H groups in total. The first kappa shape index (κ1) is 22.1. The molecule has 0 fully saturated rings. The van der Waals surface area contributed by atoms with Gasteiger partial charge >= 0.3 is 5.97 Å². The number of hydrogen-bond acceptors (Lipinski definition) is 2. The molecule has 0 amide bonds. The average molecular weight is 358 g/mol. The van der Waals surface area contributed by atoms with Crippen LogP contribution in [0.1, 0.15) is 73.6 Å². The zero-order chi connectivity index (χ0) is 19.7. The highest BCUT2D eigenvalue weighted by Crippen LogP contribution is 2.40. The summed E-state index contributed by atoms with van der Waals surface area (Å²) in [6.07, 6.45) is 16.0. The lowest BCUT2D eigenvalue weighted by atomic mass is 9.72. The number of carboxylic acid groups (broad SMARTS) is 1. The van der Waals surface area contributed by atoms with Crippen LogP contribution in [0.15, 0.2) is 51.6 Å². The van der Waals surface area contributed by atoms with E-state index in [1.165, 1.54) is 41.6 Å². The molecule has 1 aliphatic carbocycles. The summed E-state index contributed by atoms with van der Waals surface area (Å²) in [5.41, 5.74) is 5.79. The van der Waals surface area contributed by atoms with Crippen molar-refractivity contribution in [3.05, 3.63) is 46.6 Å². The first-order chi connectivity index (χ1) is 12.1. The zero-order valence-electron chi connectivity index (χ0n) is 17.3. The number of aliphatic carboxylic acids is 1. The fourth-order valence-corrected chi connectivity index (χ4v) is 3.27. The van der Waals surface area contributed by atoms with Crippen LogP contribution in [0.3, 0.4) is 0 Å². The quantitative estimate of drug-likeness (QED) is 0.410. The van der Waals surface area contributed by atoms with Gasteiger partial charge in [-0.05, 0) is 76.9 Å². The van der Waals surface area contributed by atoms with Crippen molar-refractivity contribution < 1.29 is 9.90 Å². The molecule has 0 saturated carbocycles. The van der Waals surface area contributed by atoms with Gasteiger partial charge in [0, 0.05) is 6.21 Å². The average Bonchev–Trinajstić information content (AvgIpc) is 2.53. The minimum atomic E-state index is -0.899. The summed E-state index contributed by atoms with van der Waals surface area (Å²) in [4.78, 5) is 14.7. The Morgan fingerprint density at radius 2 is 2.04 bits per heavy atom. The largest absolute Gasteiger partial charge is 0.480 e. The molecule has 0 aromatic heterocycles. The normalized spacial score (nSPS) is 20.2. The van der Waals surface area contributed by atoms with Crippen molar-refractivity contribution in [1.29, 1.82) is 0 Å². The number of carboxylic acids is 1. The summed E-state index contributed by atoms with van der Waals surface area (Å²) < 4.78 is 0. The second-order valence-corrected chi connectivity index (χ2v) is 8.08. The van der Waals surface area contributed by atoms with Crippen molar-refractivity contribution in [3.8, 4) is 0 Å². The Morgan fingerprint density at radius 3 is 2.65 bits per heavy atom. The van der Waals surface area contributed by atoms with Gasteiger partial charge in [0.2, 0.25) is 0 Å². The molecule has 144 valence electrons. The van der Waals surface area contributed by atoms with Gasteiger partial charge in [-0.2, -0.15) is 0 Å². The highest BCUT2D eigenvalue weighted by atomic mass is 16.4. The Bertz CT molecular complexity index is 645. The van der Waals surface area contributed by atoms with Crippen LogP contribution in [0, 0.1) is 5.41 Å². The van der Waals surface area contributed by atoms with E-state index in [1.807, 2.05) is 6.08 Å². The van der Waals surface area contributed by atoms with E-state index >= 15 is 0 Å². The molecule has 3 heteroatoms. The zero-order valence-corrected chi connectivity index (χ0v) is 17.3. The monoisotopic (exact) mass is 357 g/mol. The maximum atomic E-state index is 10.7. The summed E-state index contributed by atoms with van der Waals surface area (Å²) in [6.45, 7) is 12.7. The van der Waals surface area contributed by atoms with Crippen LogP contribution >= 0.6 is 0 Å². The Balaban J connectivity index is 2.57. The first-order valence-electron chi connectivity index (χ1n) is 9.60. The van der Waals surface area contributed by atoms with Crippen LogP contribution in [-0.4, -0.2) is 23.3 Å². The molecule has 1 rings (SSSR count). The van der Waals surface area contributed by atoms with E-state index in [2.05, 4.69) is 57.8 Å². The number of hydrogen-bond donors (Lipinski definition) is 1. The van der Waals surface area contributed by atoms with Gasteiger partial charge in [0.25, 0.3) is 0 Å². The van der Waals surface area contributed by atoms with Crippen molar-refractivity contribution in [2.75, 3.05) is 0 Å². The minimum absolute atomic E-state index is 0.283. The van der Waals surface area contributed by atoms with E-state index in [1.54, 1.807) is 13.1 Å². The molecule has 0 bridgehead atoms. The van der Waals surface area contributed by atoms with E-state index in [0.29, 0.717) is 0 Å². The van der Waals surface area contributed by atoms with Crippen molar-refractivity contribution in [1.82, 2.24) is 0 Å². The third kappa shape index (κ3) is 7.55. The van der Waals surface area contributed by atoms with Crippen LogP contribution in [0.2, 0.25) is 0 Å². The molecule has 26 heavy (non-hydrogen) atoms. The van der Waals surface area contributed by atoms with Gasteiger partial charge in [0.05, 0.1) is 0 Å². The van der Waals surface area contributed by atoms with Gasteiger partial charge in [-0.3, -0.25) is 4.99 Å². The van der Waals surface area contributed by atoms with Crippen LogP contribution in [0.4, 0.5) is 0 Å². The van der Waals surface area contributed by atoms with Crippen molar-refractivity contribution in [2.45, 2.75) is 79.7 Å². The molecule has 0 aromatic carbocycles. The lowest BCUT2D eigenvalue weighted by Gasteiger charge is -2.32. The second kappa shape index (κ2) is 10.3. The molecule has 0 saturated heterocycles. The summed E-state index contributed by atoms with van der Waals surface area (Å²) in [7, 11) is 0. The van der Waals surface area contributed by atoms with Gasteiger partial charge < -0.3 is 5.11 Å². The summed E-state index contributed by atoms with van der Waals surface area (Å²) in [6, 6.07) is -0.687. The molecular weight excluding hydrogens is 322 g/mol. The van der Waals surface area contributed by atoms with E-state index in [4.69, 9.17) is 5.11 Å². The maximum Gasteiger partial charge on any atom is 0.328 e. The van der Waals surface area contributed by atoms with Crippen LogP contribution in [0.25, 0.3) is 0 Å². The van der Waals surface area contributed by atoms with E-state index in [9.17, 15) is 4.79 Å². The highest BCUT2D eigenvalue weighted by molar-refractivity contribution is 5.79. The lowest BCUT2D eigenvalue weighted by Crippen LogP contribution is -2.19. The Kier molecular flexibility index (Phi) is 8.77. The summed E-state index contributed by atoms with van der Waals surface area (Å²) in [5, 5.41) is 8.79. The molecule has 0 aliphatic heterocycles. The number of carbonyl (C=O) groups is 1. The number of rotatable bonds is 8. The Labute approximate surface area is 159 Å². The van der Waals surface area contributed by atoms with Crippen LogP contribution in [-0.2, 0) is 4.79 Å². The second-order valence-electron chi connectivity index (χ2n) is 8.08. The highest BCUT2D eigenvalue weighted by Gasteiger charge is 2.26. The number of allylic oxidation sites excluding steroid dienone is 8.